The van der Waals surface area contributed by atoms with E-state index in [2.05, 4.69) is 19.9 Å². The first-order valence-corrected chi connectivity index (χ1v) is 9.07. The van der Waals surface area contributed by atoms with Crippen LogP contribution in [0.25, 0.3) is 22.2 Å². The number of amides is 1. The molecule has 4 aromatic rings. The normalized spacial score (nSPS) is 13.1. The molecule has 138 valence electrons. The van der Waals surface area contributed by atoms with Gasteiger partial charge in [0.05, 0.1) is 30.9 Å². The largest absolute Gasteiger partial charge is 0.368 e. The third-order valence-corrected chi connectivity index (χ3v) is 5.10. The molecule has 4 heterocycles. The van der Waals surface area contributed by atoms with E-state index >= 15 is 0 Å². The number of anilines is 1. The predicted octanol–water partition coefficient (Wildman–Crippen LogP) is 2.69. The number of carbonyl (C=O) groups excluding carboxylic acids is 1. The molecule has 0 aliphatic carbocycles. The summed E-state index contributed by atoms with van der Waals surface area (Å²) in [5, 5.41) is 1.08. The predicted molar refractivity (Wildman–Crippen MR) is 106 cm³/mol. The standard InChI is InChI=1S/C21H18N6O/c22-21-25-18-12-27(11-16(18)20(26-21)13-4-3-7-23-9-13)19(28)8-14-10-24-17-6-2-1-5-15(14)17/h1-7,9-10,24H,8,11-12H2,(H2,22,25,26). The van der Waals surface area contributed by atoms with Crippen LogP contribution < -0.4 is 5.73 Å². The lowest BCUT2D eigenvalue weighted by Crippen LogP contribution is -2.27. The van der Waals surface area contributed by atoms with Gasteiger partial charge in [0, 0.05) is 40.6 Å². The van der Waals surface area contributed by atoms with Crippen LogP contribution in [0.2, 0.25) is 0 Å². The van der Waals surface area contributed by atoms with Crippen LogP contribution in [0.1, 0.15) is 16.8 Å². The molecule has 7 heteroatoms. The van der Waals surface area contributed by atoms with Gasteiger partial charge in [0.15, 0.2) is 0 Å². The van der Waals surface area contributed by atoms with Gasteiger partial charge in [-0.05, 0) is 23.8 Å². The van der Waals surface area contributed by atoms with Crippen LogP contribution in [-0.4, -0.2) is 30.7 Å². The van der Waals surface area contributed by atoms with Crippen molar-refractivity contribution in [2.24, 2.45) is 0 Å². The Morgan fingerprint density at radius 1 is 1.14 bits per heavy atom. The van der Waals surface area contributed by atoms with Gasteiger partial charge < -0.3 is 15.6 Å². The number of carbonyl (C=O) groups is 1. The minimum Gasteiger partial charge on any atom is -0.368 e. The van der Waals surface area contributed by atoms with E-state index in [0.29, 0.717) is 19.5 Å². The Labute approximate surface area is 161 Å². The van der Waals surface area contributed by atoms with Gasteiger partial charge in [-0.1, -0.05) is 18.2 Å². The van der Waals surface area contributed by atoms with Crippen LogP contribution in [-0.2, 0) is 24.3 Å². The maximum absolute atomic E-state index is 13.0. The Bertz CT molecular complexity index is 1180. The minimum atomic E-state index is 0.0541. The molecule has 0 atom stereocenters. The molecule has 0 radical (unpaired) electrons. The number of para-hydroxylation sites is 1. The first-order valence-electron chi connectivity index (χ1n) is 9.07. The van der Waals surface area contributed by atoms with Gasteiger partial charge in [-0.25, -0.2) is 9.97 Å². The fourth-order valence-electron chi connectivity index (χ4n) is 3.74. The summed E-state index contributed by atoms with van der Waals surface area (Å²) in [5.74, 6) is 0.266. The van der Waals surface area contributed by atoms with E-state index in [1.54, 1.807) is 17.3 Å². The summed E-state index contributed by atoms with van der Waals surface area (Å²) in [4.78, 5) is 30.9. The Morgan fingerprint density at radius 2 is 2.04 bits per heavy atom. The number of aromatic amines is 1. The molecule has 3 aromatic heterocycles. The fraction of sp³-hybridized carbons (Fsp3) is 0.143. The number of fused-ring (bicyclic) bond motifs is 2. The maximum Gasteiger partial charge on any atom is 0.227 e. The zero-order valence-corrected chi connectivity index (χ0v) is 15.1. The molecule has 5 rings (SSSR count). The molecule has 7 nitrogen and oxygen atoms in total. The highest BCUT2D eigenvalue weighted by Gasteiger charge is 2.29. The molecule has 0 saturated heterocycles. The highest BCUT2D eigenvalue weighted by atomic mass is 16.2. The Morgan fingerprint density at radius 3 is 2.89 bits per heavy atom. The molecule has 28 heavy (non-hydrogen) atoms. The number of benzene rings is 1. The highest BCUT2D eigenvalue weighted by molar-refractivity contribution is 5.89. The van der Waals surface area contributed by atoms with E-state index in [4.69, 9.17) is 5.73 Å². The topological polar surface area (TPSA) is 101 Å². The van der Waals surface area contributed by atoms with Crippen molar-refractivity contribution in [2.75, 3.05) is 5.73 Å². The van der Waals surface area contributed by atoms with E-state index in [9.17, 15) is 4.79 Å². The number of nitrogens with one attached hydrogen (secondary N) is 1. The van der Waals surface area contributed by atoms with Crippen molar-refractivity contribution >= 4 is 22.8 Å². The first-order chi connectivity index (χ1) is 13.7. The fourth-order valence-corrected chi connectivity index (χ4v) is 3.74. The van der Waals surface area contributed by atoms with Crippen molar-refractivity contribution in [2.45, 2.75) is 19.5 Å². The van der Waals surface area contributed by atoms with Gasteiger partial charge >= 0.3 is 0 Å². The van der Waals surface area contributed by atoms with Crippen LogP contribution in [0.15, 0.2) is 55.0 Å². The number of nitrogen functional groups attached to an aromatic ring is 1. The summed E-state index contributed by atoms with van der Waals surface area (Å²) in [6, 6.07) is 11.8. The number of pyridine rings is 1. The molecule has 0 fully saturated rings. The van der Waals surface area contributed by atoms with Gasteiger partial charge in [-0.3, -0.25) is 9.78 Å². The number of hydrogen-bond acceptors (Lipinski definition) is 5. The van der Waals surface area contributed by atoms with Gasteiger partial charge in [-0.15, -0.1) is 0 Å². The summed E-state index contributed by atoms with van der Waals surface area (Å²) in [5.41, 5.74) is 11.3. The zero-order valence-electron chi connectivity index (χ0n) is 15.1. The van der Waals surface area contributed by atoms with Gasteiger partial charge in [0.2, 0.25) is 11.9 Å². The molecule has 1 amide bonds. The molecule has 1 aliphatic heterocycles. The number of hydrogen-bond donors (Lipinski definition) is 2. The number of aromatic nitrogens is 4. The van der Waals surface area contributed by atoms with Crippen LogP contribution in [0.5, 0.6) is 0 Å². The Kier molecular flexibility index (Phi) is 3.79. The van der Waals surface area contributed by atoms with Crippen molar-refractivity contribution in [3.05, 3.63) is 71.8 Å². The maximum atomic E-state index is 13.0. The molecule has 1 aliphatic rings. The van der Waals surface area contributed by atoms with E-state index in [0.717, 1.165) is 39.0 Å². The molecule has 0 unspecified atom stereocenters. The quantitative estimate of drug-likeness (QED) is 0.577. The second-order valence-electron chi connectivity index (χ2n) is 6.88. The van der Waals surface area contributed by atoms with E-state index < -0.39 is 0 Å². The van der Waals surface area contributed by atoms with Crippen molar-refractivity contribution < 1.29 is 4.79 Å². The molecule has 3 N–H and O–H groups in total. The van der Waals surface area contributed by atoms with Gasteiger partial charge in [0.25, 0.3) is 0 Å². The average Bonchev–Trinajstić information content (AvgIpc) is 3.32. The number of nitrogens with zero attached hydrogens (tertiary/aromatic N) is 4. The lowest BCUT2D eigenvalue weighted by Gasteiger charge is -2.15. The van der Waals surface area contributed by atoms with Crippen molar-refractivity contribution in [3.63, 3.8) is 0 Å². The lowest BCUT2D eigenvalue weighted by atomic mass is 10.1. The average molecular weight is 370 g/mol. The van der Waals surface area contributed by atoms with Crippen molar-refractivity contribution in [1.82, 2.24) is 24.8 Å². The molecule has 1 aromatic carbocycles. The number of nitrogens with two attached hydrogens (primary N) is 1. The minimum absolute atomic E-state index is 0.0541. The zero-order chi connectivity index (χ0) is 19.1. The lowest BCUT2D eigenvalue weighted by molar-refractivity contribution is -0.131. The number of H-pyrrole nitrogens is 1. The Balaban J connectivity index is 1.43. The first kappa shape index (κ1) is 16.4. The molecule has 0 spiro atoms. The van der Waals surface area contributed by atoms with Crippen LogP contribution >= 0.6 is 0 Å². The van der Waals surface area contributed by atoms with E-state index in [-0.39, 0.29) is 11.9 Å². The smallest absolute Gasteiger partial charge is 0.227 e. The SMILES string of the molecule is Nc1nc2c(c(-c3cccnc3)n1)CN(C(=O)Cc1c[nH]c3ccccc13)C2. The van der Waals surface area contributed by atoms with E-state index in [1.165, 1.54) is 0 Å². The molecular weight excluding hydrogens is 352 g/mol. The second kappa shape index (κ2) is 6.45. The van der Waals surface area contributed by atoms with Gasteiger partial charge in [0.1, 0.15) is 0 Å². The highest BCUT2D eigenvalue weighted by Crippen LogP contribution is 2.31. The van der Waals surface area contributed by atoms with E-state index in [1.807, 2.05) is 42.6 Å². The summed E-state index contributed by atoms with van der Waals surface area (Å²) >= 11 is 0. The summed E-state index contributed by atoms with van der Waals surface area (Å²) < 4.78 is 0. The van der Waals surface area contributed by atoms with Crippen molar-refractivity contribution in [1.29, 1.82) is 0 Å². The summed E-state index contributed by atoms with van der Waals surface area (Å²) in [7, 11) is 0. The third-order valence-electron chi connectivity index (χ3n) is 5.10. The molecule has 0 bridgehead atoms. The summed E-state index contributed by atoms with van der Waals surface area (Å²) in [6.45, 7) is 0.914. The molecular formula is C21H18N6O. The monoisotopic (exact) mass is 370 g/mol. The summed E-state index contributed by atoms with van der Waals surface area (Å²) in [6.07, 6.45) is 5.71. The second-order valence-corrected chi connectivity index (χ2v) is 6.88. The molecule has 0 saturated carbocycles. The van der Waals surface area contributed by atoms with Crippen LogP contribution in [0.4, 0.5) is 5.95 Å². The van der Waals surface area contributed by atoms with Crippen LogP contribution in [0.3, 0.4) is 0 Å². The Hall–Kier alpha value is -3.74. The van der Waals surface area contributed by atoms with Crippen LogP contribution in [0, 0.1) is 0 Å². The van der Waals surface area contributed by atoms with Gasteiger partial charge in [-0.2, -0.15) is 0 Å². The third kappa shape index (κ3) is 2.77. The number of rotatable bonds is 3. The van der Waals surface area contributed by atoms with Crippen molar-refractivity contribution in [3.8, 4) is 11.3 Å².